The molecule has 1 aromatic rings. The van der Waals surface area contributed by atoms with Crippen LogP contribution in [0.3, 0.4) is 0 Å². The molecule has 0 bridgehead atoms. The van der Waals surface area contributed by atoms with E-state index in [1.807, 2.05) is 0 Å². The van der Waals surface area contributed by atoms with E-state index in [9.17, 15) is 14.7 Å². The van der Waals surface area contributed by atoms with E-state index >= 15 is 0 Å². The molecule has 4 heteroatoms. The Morgan fingerprint density at radius 1 is 1.29 bits per heavy atom. The molecule has 0 saturated carbocycles. The smallest absolute Gasteiger partial charge is 0.257 e. The van der Waals surface area contributed by atoms with Crippen molar-refractivity contribution in [3.05, 3.63) is 29.3 Å². The summed E-state index contributed by atoms with van der Waals surface area (Å²) in [4.78, 5) is 24.9. The number of likely N-dealkylation sites (tertiary alicyclic amines) is 1. The maximum Gasteiger partial charge on any atom is 0.257 e. The maximum absolute atomic E-state index is 12.1. The Hall–Kier alpha value is -1.84. The number of carbonyl (C=O) groups is 2. The molecule has 0 atom stereocenters. The first-order valence-electron chi connectivity index (χ1n) is 5.69. The summed E-state index contributed by atoms with van der Waals surface area (Å²) in [5, 5.41) is 9.84. The van der Waals surface area contributed by atoms with Gasteiger partial charge in [-0.25, -0.2) is 0 Å². The zero-order chi connectivity index (χ0) is 12.4. The Morgan fingerprint density at radius 2 is 1.94 bits per heavy atom. The van der Waals surface area contributed by atoms with E-state index in [1.165, 1.54) is 0 Å². The molecule has 0 aromatic heterocycles. The number of aryl methyl sites for hydroxylation is 1. The van der Waals surface area contributed by atoms with Crippen molar-refractivity contribution < 1.29 is 14.7 Å². The van der Waals surface area contributed by atoms with Gasteiger partial charge in [0.2, 0.25) is 0 Å². The Kier molecular flexibility index (Phi) is 3.13. The van der Waals surface area contributed by atoms with Crippen LogP contribution in [0.1, 0.15) is 28.8 Å². The second-order valence-electron chi connectivity index (χ2n) is 4.30. The van der Waals surface area contributed by atoms with Crippen LogP contribution in [-0.4, -0.2) is 34.8 Å². The molecule has 4 nitrogen and oxygen atoms in total. The van der Waals surface area contributed by atoms with Crippen molar-refractivity contribution in [3.8, 4) is 5.75 Å². The Bertz CT molecular complexity index is 458. The minimum absolute atomic E-state index is 0.0365. The third-order valence-electron chi connectivity index (χ3n) is 3.08. The van der Waals surface area contributed by atoms with Crippen LogP contribution in [0, 0.1) is 6.92 Å². The fourth-order valence-corrected chi connectivity index (χ4v) is 1.96. The lowest BCUT2D eigenvalue weighted by Gasteiger charge is -2.26. The first kappa shape index (κ1) is 11.6. The van der Waals surface area contributed by atoms with Crippen molar-refractivity contribution >= 4 is 11.7 Å². The third-order valence-corrected chi connectivity index (χ3v) is 3.08. The van der Waals surface area contributed by atoms with E-state index in [2.05, 4.69) is 0 Å². The molecule has 1 saturated heterocycles. The average Bonchev–Trinajstić information content (AvgIpc) is 2.33. The second-order valence-corrected chi connectivity index (χ2v) is 4.30. The van der Waals surface area contributed by atoms with Gasteiger partial charge in [0.05, 0.1) is 5.56 Å². The average molecular weight is 233 g/mol. The van der Waals surface area contributed by atoms with E-state index < -0.39 is 0 Å². The number of rotatable bonds is 1. The fourth-order valence-electron chi connectivity index (χ4n) is 1.96. The predicted octanol–water partition coefficient (Wildman–Crippen LogP) is 1.51. The lowest BCUT2D eigenvalue weighted by molar-refractivity contribution is -0.120. The number of piperidine rings is 1. The van der Waals surface area contributed by atoms with Crippen LogP contribution in [0.15, 0.2) is 18.2 Å². The molecule has 1 amide bonds. The molecule has 1 heterocycles. The van der Waals surface area contributed by atoms with Gasteiger partial charge in [-0.15, -0.1) is 0 Å². The number of aromatic hydroxyl groups is 1. The van der Waals surface area contributed by atoms with Gasteiger partial charge in [-0.1, -0.05) is 12.1 Å². The summed E-state index contributed by atoms with van der Waals surface area (Å²) < 4.78 is 0. The molecule has 1 aliphatic heterocycles. The number of amides is 1. The summed E-state index contributed by atoms with van der Waals surface area (Å²) >= 11 is 0. The van der Waals surface area contributed by atoms with E-state index in [4.69, 9.17) is 0 Å². The molecule has 2 rings (SSSR count). The van der Waals surface area contributed by atoms with Crippen molar-refractivity contribution in [1.29, 1.82) is 0 Å². The van der Waals surface area contributed by atoms with Crippen molar-refractivity contribution in [2.45, 2.75) is 19.8 Å². The molecule has 0 spiro atoms. The molecule has 0 radical (unpaired) electrons. The number of ketones is 1. The first-order chi connectivity index (χ1) is 8.09. The van der Waals surface area contributed by atoms with Gasteiger partial charge >= 0.3 is 0 Å². The van der Waals surface area contributed by atoms with Crippen molar-refractivity contribution in [1.82, 2.24) is 4.90 Å². The van der Waals surface area contributed by atoms with Gasteiger partial charge in [-0.3, -0.25) is 9.59 Å². The molecule has 1 fully saturated rings. The molecule has 1 N–H and O–H groups in total. The third kappa shape index (κ3) is 2.30. The number of carbonyl (C=O) groups excluding carboxylic acids is 2. The summed E-state index contributed by atoms with van der Waals surface area (Å²) in [7, 11) is 0. The Labute approximate surface area is 99.9 Å². The highest BCUT2D eigenvalue weighted by Crippen LogP contribution is 2.23. The van der Waals surface area contributed by atoms with Crippen LogP contribution in [0.5, 0.6) is 5.75 Å². The van der Waals surface area contributed by atoms with Gasteiger partial charge in [-0.2, -0.15) is 0 Å². The number of phenols is 1. The van der Waals surface area contributed by atoms with Crippen LogP contribution in [0.4, 0.5) is 0 Å². The Morgan fingerprint density at radius 3 is 2.59 bits per heavy atom. The standard InChI is InChI=1S/C13H15NO3/c1-9-3-2-4-11(12(9)16)13(17)14-7-5-10(15)6-8-14/h2-4,16H,5-8H2,1H3. The normalized spacial score (nSPS) is 16.1. The van der Waals surface area contributed by atoms with Crippen LogP contribution in [0.25, 0.3) is 0 Å². The quantitative estimate of drug-likeness (QED) is 0.799. The van der Waals surface area contributed by atoms with E-state index in [1.54, 1.807) is 30.0 Å². The zero-order valence-electron chi connectivity index (χ0n) is 9.77. The highest BCUT2D eigenvalue weighted by Gasteiger charge is 2.23. The molecular weight excluding hydrogens is 218 g/mol. The SMILES string of the molecule is Cc1cccc(C(=O)N2CCC(=O)CC2)c1O. The second kappa shape index (κ2) is 4.57. The summed E-state index contributed by atoms with van der Waals surface area (Å²) in [6, 6.07) is 5.12. The largest absolute Gasteiger partial charge is 0.507 e. The lowest BCUT2D eigenvalue weighted by Crippen LogP contribution is -2.38. The van der Waals surface area contributed by atoms with Gasteiger partial charge in [-0.05, 0) is 18.6 Å². The first-order valence-corrected chi connectivity index (χ1v) is 5.69. The molecule has 17 heavy (non-hydrogen) atoms. The van der Waals surface area contributed by atoms with Crippen LogP contribution in [0.2, 0.25) is 0 Å². The molecule has 0 aliphatic carbocycles. The minimum Gasteiger partial charge on any atom is -0.507 e. The number of hydrogen-bond donors (Lipinski definition) is 1. The number of phenolic OH excluding ortho intramolecular Hbond substituents is 1. The minimum atomic E-state index is -0.196. The summed E-state index contributed by atoms with van der Waals surface area (Å²) in [6.45, 7) is 2.65. The number of Topliss-reactive ketones (excluding diaryl/α,β-unsaturated/α-hetero) is 1. The molecule has 1 aliphatic rings. The number of nitrogens with zero attached hydrogens (tertiary/aromatic N) is 1. The van der Waals surface area contributed by atoms with E-state index in [-0.39, 0.29) is 17.4 Å². The summed E-state index contributed by atoms with van der Waals surface area (Å²) in [5.41, 5.74) is 1.00. The zero-order valence-corrected chi connectivity index (χ0v) is 9.77. The Balaban J connectivity index is 2.20. The van der Waals surface area contributed by atoms with Gasteiger partial charge in [0.15, 0.2) is 0 Å². The van der Waals surface area contributed by atoms with Crippen LogP contribution < -0.4 is 0 Å². The molecule has 90 valence electrons. The van der Waals surface area contributed by atoms with E-state index in [0.29, 0.717) is 37.1 Å². The summed E-state index contributed by atoms with van der Waals surface area (Å²) in [6.07, 6.45) is 0.830. The number of para-hydroxylation sites is 1. The fraction of sp³-hybridized carbons (Fsp3) is 0.385. The summed E-state index contributed by atoms with van der Waals surface area (Å²) in [5.74, 6) is 0.0376. The van der Waals surface area contributed by atoms with Gasteiger partial charge < -0.3 is 10.0 Å². The monoisotopic (exact) mass is 233 g/mol. The lowest BCUT2D eigenvalue weighted by atomic mass is 10.1. The molecule has 0 unspecified atom stereocenters. The number of benzene rings is 1. The van der Waals surface area contributed by atoms with Gasteiger partial charge in [0.25, 0.3) is 5.91 Å². The van der Waals surface area contributed by atoms with Crippen LogP contribution in [-0.2, 0) is 4.79 Å². The molecular formula is C13H15NO3. The highest BCUT2D eigenvalue weighted by molar-refractivity contribution is 5.98. The topological polar surface area (TPSA) is 57.6 Å². The van der Waals surface area contributed by atoms with Gasteiger partial charge in [0.1, 0.15) is 11.5 Å². The van der Waals surface area contributed by atoms with Crippen molar-refractivity contribution in [2.24, 2.45) is 0 Å². The highest BCUT2D eigenvalue weighted by atomic mass is 16.3. The van der Waals surface area contributed by atoms with Crippen molar-refractivity contribution in [3.63, 3.8) is 0 Å². The van der Waals surface area contributed by atoms with Crippen LogP contribution >= 0.6 is 0 Å². The van der Waals surface area contributed by atoms with Gasteiger partial charge in [0, 0.05) is 25.9 Å². The maximum atomic E-state index is 12.1. The number of hydrogen-bond acceptors (Lipinski definition) is 3. The predicted molar refractivity (Wildman–Crippen MR) is 63.0 cm³/mol. The van der Waals surface area contributed by atoms with Crippen molar-refractivity contribution in [2.75, 3.05) is 13.1 Å². The molecule has 1 aromatic carbocycles. The van der Waals surface area contributed by atoms with E-state index in [0.717, 1.165) is 0 Å².